The van der Waals surface area contributed by atoms with Crippen molar-refractivity contribution in [3.8, 4) is 11.5 Å². The van der Waals surface area contributed by atoms with Crippen molar-refractivity contribution in [3.05, 3.63) is 63.7 Å². The lowest BCUT2D eigenvalue weighted by atomic mass is 10.0. The van der Waals surface area contributed by atoms with Crippen LogP contribution in [0.25, 0.3) is 0 Å². The molecule has 0 bridgehead atoms. The Hall–Kier alpha value is -3.09. The minimum Gasteiger partial charge on any atom is -0.496 e. The van der Waals surface area contributed by atoms with Crippen molar-refractivity contribution in [1.29, 1.82) is 0 Å². The van der Waals surface area contributed by atoms with Crippen LogP contribution in [0.3, 0.4) is 0 Å². The number of nitro benzene ring substituents is 1. The third-order valence-electron chi connectivity index (χ3n) is 3.75. The highest BCUT2D eigenvalue weighted by molar-refractivity contribution is 5.78. The second-order valence-electron chi connectivity index (χ2n) is 5.53. The largest absolute Gasteiger partial charge is 0.496 e. The third kappa shape index (κ3) is 4.69. The van der Waals surface area contributed by atoms with Crippen LogP contribution in [0, 0.1) is 17.0 Å². The van der Waals surface area contributed by atoms with Crippen LogP contribution >= 0.6 is 0 Å². The molecule has 0 fully saturated rings. The third-order valence-corrected chi connectivity index (χ3v) is 3.75. The highest BCUT2D eigenvalue weighted by atomic mass is 16.6. The van der Waals surface area contributed by atoms with Gasteiger partial charge in [-0.2, -0.15) is 0 Å². The first-order chi connectivity index (χ1) is 11.9. The number of nitrogens with one attached hydrogen (secondary N) is 1. The van der Waals surface area contributed by atoms with E-state index >= 15 is 0 Å². The molecular weight excluding hydrogens is 324 g/mol. The van der Waals surface area contributed by atoms with Gasteiger partial charge in [0.05, 0.1) is 24.1 Å². The van der Waals surface area contributed by atoms with Gasteiger partial charge in [-0.25, -0.2) is 0 Å². The van der Waals surface area contributed by atoms with Crippen LogP contribution in [0.4, 0.5) is 5.69 Å². The minimum absolute atomic E-state index is 0.0181. The van der Waals surface area contributed by atoms with Crippen molar-refractivity contribution in [3.63, 3.8) is 0 Å². The lowest BCUT2D eigenvalue weighted by Gasteiger charge is -2.16. The van der Waals surface area contributed by atoms with E-state index in [1.807, 2.05) is 38.1 Å². The molecule has 0 aromatic heterocycles. The van der Waals surface area contributed by atoms with Crippen LogP contribution in [0.15, 0.2) is 42.5 Å². The van der Waals surface area contributed by atoms with Gasteiger partial charge in [-0.1, -0.05) is 24.3 Å². The zero-order chi connectivity index (χ0) is 18.4. The molecule has 0 aliphatic heterocycles. The molecule has 0 heterocycles. The van der Waals surface area contributed by atoms with E-state index in [9.17, 15) is 14.9 Å². The van der Waals surface area contributed by atoms with Gasteiger partial charge in [0.2, 0.25) is 0 Å². The van der Waals surface area contributed by atoms with Crippen LogP contribution in [0.5, 0.6) is 11.5 Å². The SMILES string of the molecule is COc1ccc(OCC(=O)NC(C)c2ccccc2C)c([N+](=O)[O-])c1. The van der Waals surface area contributed by atoms with E-state index in [0.717, 1.165) is 11.1 Å². The molecule has 1 amide bonds. The molecule has 1 atom stereocenters. The number of carbonyl (C=O) groups is 1. The number of hydrogen-bond donors (Lipinski definition) is 1. The summed E-state index contributed by atoms with van der Waals surface area (Å²) in [5.41, 5.74) is 1.83. The number of carbonyl (C=O) groups excluding carboxylic acids is 1. The number of aryl methyl sites for hydroxylation is 1. The van der Waals surface area contributed by atoms with Gasteiger partial charge in [0.25, 0.3) is 5.91 Å². The van der Waals surface area contributed by atoms with Crippen LogP contribution in [0.1, 0.15) is 24.1 Å². The molecule has 0 aliphatic rings. The Balaban J connectivity index is 2.00. The highest BCUT2D eigenvalue weighted by Gasteiger charge is 2.18. The first-order valence-electron chi connectivity index (χ1n) is 7.72. The van der Waals surface area contributed by atoms with Crippen molar-refractivity contribution in [2.24, 2.45) is 0 Å². The van der Waals surface area contributed by atoms with E-state index in [-0.39, 0.29) is 30.0 Å². The van der Waals surface area contributed by atoms with Gasteiger partial charge in [0, 0.05) is 0 Å². The number of methoxy groups -OCH3 is 1. The quantitative estimate of drug-likeness (QED) is 0.615. The van der Waals surface area contributed by atoms with Crippen LogP contribution in [-0.4, -0.2) is 24.5 Å². The van der Waals surface area contributed by atoms with Gasteiger partial charge in [-0.15, -0.1) is 0 Å². The van der Waals surface area contributed by atoms with Gasteiger partial charge in [-0.3, -0.25) is 14.9 Å². The van der Waals surface area contributed by atoms with E-state index in [0.29, 0.717) is 5.75 Å². The molecule has 1 N–H and O–H groups in total. The van der Waals surface area contributed by atoms with Crippen LogP contribution in [0.2, 0.25) is 0 Å². The first-order valence-corrected chi connectivity index (χ1v) is 7.72. The minimum atomic E-state index is -0.578. The number of rotatable bonds is 7. The van der Waals surface area contributed by atoms with Gasteiger partial charge >= 0.3 is 5.69 Å². The fourth-order valence-electron chi connectivity index (χ4n) is 2.47. The Bertz CT molecular complexity index is 776. The predicted molar refractivity (Wildman–Crippen MR) is 92.9 cm³/mol. The van der Waals surface area contributed by atoms with Gasteiger partial charge in [-0.05, 0) is 37.1 Å². The Morgan fingerprint density at radius 2 is 2.00 bits per heavy atom. The second kappa shape index (κ2) is 8.14. The molecule has 2 aromatic rings. The van der Waals surface area contributed by atoms with Crippen molar-refractivity contribution >= 4 is 11.6 Å². The molecule has 1 unspecified atom stereocenters. The fraction of sp³-hybridized carbons (Fsp3) is 0.278. The summed E-state index contributed by atoms with van der Waals surface area (Å²) in [7, 11) is 1.42. The number of hydrogen-bond acceptors (Lipinski definition) is 5. The molecule has 0 radical (unpaired) electrons. The standard InChI is InChI=1S/C18H20N2O5/c1-12-6-4-5-7-15(12)13(2)19-18(21)11-25-17-9-8-14(24-3)10-16(17)20(22)23/h4-10,13H,11H2,1-3H3,(H,19,21). The van der Waals surface area contributed by atoms with Gasteiger partial charge < -0.3 is 14.8 Å². The number of amides is 1. The molecule has 132 valence electrons. The first kappa shape index (κ1) is 18.3. The second-order valence-corrected chi connectivity index (χ2v) is 5.53. The Kier molecular flexibility index (Phi) is 5.94. The lowest BCUT2D eigenvalue weighted by Crippen LogP contribution is -2.31. The molecule has 2 aromatic carbocycles. The Morgan fingerprint density at radius 3 is 2.64 bits per heavy atom. The number of nitrogens with zero attached hydrogens (tertiary/aromatic N) is 1. The average Bonchev–Trinajstić information content (AvgIpc) is 2.60. The molecule has 25 heavy (non-hydrogen) atoms. The molecule has 7 heteroatoms. The maximum atomic E-state index is 12.1. The molecular formula is C18H20N2O5. The average molecular weight is 344 g/mol. The van der Waals surface area contributed by atoms with E-state index in [4.69, 9.17) is 9.47 Å². The number of benzene rings is 2. The summed E-state index contributed by atoms with van der Waals surface area (Å²) in [6, 6.07) is 11.8. The predicted octanol–water partition coefficient (Wildman–Crippen LogP) is 3.17. The maximum absolute atomic E-state index is 12.1. The van der Waals surface area contributed by atoms with Crippen LogP contribution in [-0.2, 0) is 4.79 Å². The van der Waals surface area contributed by atoms with Crippen molar-refractivity contribution in [2.45, 2.75) is 19.9 Å². The molecule has 7 nitrogen and oxygen atoms in total. The summed E-state index contributed by atoms with van der Waals surface area (Å²) >= 11 is 0. The molecule has 0 saturated heterocycles. The smallest absolute Gasteiger partial charge is 0.314 e. The maximum Gasteiger partial charge on any atom is 0.314 e. The van der Waals surface area contributed by atoms with Gasteiger partial charge in [0.15, 0.2) is 12.4 Å². The molecule has 0 spiro atoms. The van der Waals surface area contributed by atoms with Crippen molar-refractivity contribution in [1.82, 2.24) is 5.32 Å². The summed E-state index contributed by atoms with van der Waals surface area (Å²) in [5.74, 6) is 0.00189. The van der Waals surface area contributed by atoms with E-state index in [1.165, 1.54) is 25.3 Å². The summed E-state index contributed by atoms with van der Waals surface area (Å²) in [6.45, 7) is 3.52. The monoisotopic (exact) mass is 344 g/mol. The van der Waals surface area contributed by atoms with E-state index in [1.54, 1.807) is 0 Å². The zero-order valence-corrected chi connectivity index (χ0v) is 14.3. The Labute approximate surface area is 145 Å². The van der Waals surface area contributed by atoms with Crippen molar-refractivity contribution < 1.29 is 19.2 Å². The topological polar surface area (TPSA) is 90.7 Å². The Morgan fingerprint density at radius 1 is 1.28 bits per heavy atom. The van der Waals surface area contributed by atoms with E-state index in [2.05, 4.69) is 5.32 Å². The van der Waals surface area contributed by atoms with Crippen LogP contribution < -0.4 is 14.8 Å². The number of nitro groups is 1. The van der Waals surface area contributed by atoms with Crippen molar-refractivity contribution in [2.75, 3.05) is 13.7 Å². The summed E-state index contributed by atoms with van der Waals surface area (Å²) in [4.78, 5) is 22.6. The summed E-state index contributed by atoms with van der Waals surface area (Å²) in [6.07, 6.45) is 0. The summed E-state index contributed by atoms with van der Waals surface area (Å²) < 4.78 is 10.3. The highest BCUT2D eigenvalue weighted by Crippen LogP contribution is 2.30. The molecule has 0 aliphatic carbocycles. The van der Waals surface area contributed by atoms with Gasteiger partial charge in [0.1, 0.15) is 5.75 Å². The molecule has 0 saturated carbocycles. The fourth-order valence-corrected chi connectivity index (χ4v) is 2.47. The lowest BCUT2D eigenvalue weighted by molar-refractivity contribution is -0.385. The normalized spacial score (nSPS) is 11.5. The van der Waals surface area contributed by atoms with E-state index < -0.39 is 4.92 Å². The molecule has 2 rings (SSSR count). The zero-order valence-electron chi connectivity index (χ0n) is 14.3. The number of ether oxygens (including phenoxy) is 2. The summed E-state index contributed by atoms with van der Waals surface area (Å²) in [5, 5.41) is 13.9.